The lowest BCUT2D eigenvalue weighted by atomic mass is 10.3. The summed E-state index contributed by atoms with van der Waals surface area (Å²) in [6.45, 7) is 7.24. The van der Waals surface area contributed by atoms with Gasteiger partial charge >= 0.3 is 5.69 Å². The van der Waals surface area contributed by atoms with Gasteiger partial charge in [-0.1, -0.05) is 0 Å². The molecular weight excluding hydrogens is 246 g/mol. The van der Waals surface area contributed by atoms with Crippen molar-refractivity contribution < 1.29 is 0 Å². The minimum absolute atomic E-state index is 0.0756. The third kappa shape index (κ3) is 2.91. The van der Waals surface area contributed by atoms with Gasteiger partial charge in [0.2, 0.25) is 0 Å². The van der Waals surface area contributed by atoms with Crippen LogP contribution in [0.5, 0.6) is 0 Å². The monoisotopic (exact) mass is 265 g/mol. The molecule has 0 aliphatic rings. The number of imidazole rings is 1. The molecule has 0 unspecified atom stereocenters. The Kier molecular flexibility index (Phi) is 4.38. The second-order valence-electron chi connectivity index (χ2n) is 4.26. The molecule has 0 saturated heterocycles. The normalized spacial score (nSPS) is 11.0. The summed E-state index contributed by atoms with van der Waals surface area (Å²) in [7, 11) is 0. The Labute approximate surface area is 111 Å². The largest absolute Gasteiger partial charge is 0.328 e. The molecule has 0 aliphatic carbocycles. The minimum atomic E-state index is 0.0756. The molecule has 0 spiro atoms. The molecule has 0 saturated carbocycles. The Bertz CT molecular complexity index is 553. The van der Waals surface area contributed by atoms with Crippen LogP contribution < -0.4 is 11.0 Å². The van der Waals surface area contributed by atoms with Gasteiger partial charge in [0, 0.05) is 43.4 Å². The van der Waals surface area contributed by atoms with Crippen LogP contribution in [0.2, 0.25) is 0 Å². The van der Waals surface area contributed by atoms with Crippen LogP contribution in [0.4, 0.5) is 0 Å². The van der Waals surface area contributed by atoms with Crippen molar-refractivity contribution in [2.24, 2.45) is 0 Å². The number of hydrogen-bond donors (Lipinski definition) is 1. The number of rotatable bonds is 6. The van der Waals surface area contributed by atoms with E-state index in [9.17, 15) is 4.79 Å². The zero-order valence-corrected chi connectivity index (χ0v) is 11.7. The van der Waals surface area contributed by atoms with E-state index in [1.165, 1.54) is 10.4 Å². The predicted octanol–water partition coefficient (Wildman–Crippen LogP) is 1.83. The van der Waals surface area contributed by atoms with E-state index in [4.69, 9.17) is 0 Å². The first kappa shape index (κ1) is 13.1. The molecule has 0 bridgehead atoms. The predicted molar refractivity (Wildman–Crippen MR) is 75.1 cm³/mol. The highest BCUT2D eigenvalue weighted by Crippen LogP contribution is 2.14. The van der Waals surface area contributed by atoms with E-state index in [0.717, 1.165) is 26.2 Å². The summed E-state index contributed by atoms with van der Waals surface area (Å²) in [5.41, 5.74) is 1.41. The maximum absolute atomic E-state index is 11.8. The average molecular weight is 265 g/mol. The smallest absolute Gasteiger partial charge is 0.310 e. The first-order chi connectivity index (χ1) is 8.72. The summed E-state index contributed by atoms with van der Waals surface area (Å²) in [4.78, 5) is 13.1. The van der Waals surface area contributed by atoms with Crippen LogP contribution in [-0.2, 0) is 19.6 Å². The molecule has 18 heavy (non-hydrogen) atoms. The van der Waals surface area contributed by atoms with Crippen LogP contribution in [-0.4, -0.2) is 15.7 Å². The lowest BCUT2D eigenvalue weighted by Crippen LogP contribution is -2.28. The van der Waals surface area contributed by atoms with Gasteiger partial charge in [0.1, 0.15) is 0 Å². The van der Waals surface area contributed by atoms with Gasteiger partial charge < -0.3 is 5.32 Å². The Morgan fingerprint density at radius 3 is 2.72 bits per heavy atom. The van der Waals surface area contributed by atoms with E-state index in [0.29, 0.717) is 0 Å². The fourth-order valence-electron chi connectivity index (χ4n) is 1.85. The topological polar surface area (TPSA) is 39.0 Å². The highest BCUT2D eigenvalue weighted by Gasteiger charge is 2.02. The van der Waals surface area contributed by atoms with Crippen LogP contribution in [0.25, 0.3) is 0 Å². The maximum atomic E-state index is 11.8. The van der Waals surface area contributed by atoms with Crippen molar-refractivity contribution in [1.29, 1.82) is 0 Å². The summed E-state index contributed by atoms with van der Waals surface area (Å²) in [5, 5.41) is 5.48. The Morgan fingerprint density at radius 2 is 2.11 bits per heavy atom. The highest BCUT2D eigenvalue weighted by molar-refractivity contribution is 7.10. The van der Waals surface area contributed by atoms with E-state index >= 15 is 0 Å². The molecular formula is C13H19N3OS. The number of aromatic nitrogens is 2. The van der Waals surface area contributed by atoms with Gasteiger partial charge in [0.05, 0.1) is 0 Å². The summed E-state index contributed by atoms with van der Waals surface area (Å²) < 4.78 is 3.46. The van der Waals surface area contributed by atoms with Crippen molar-refractivity contribution in [3.8, 4) is 0 Å². The zero-order chi connectivity index (χ0) is 13.0. The van der Waals surface area contributed by atoms with E-state index in [-0.39, 0.29) is 5.69 Å². The van der Waals surface area contributed by atoms with Gasteiger partial charge in [-0.25, -0.2) is 4.79 Å². The number of nitrogens with zero attached hydrogens (tertiary/aromatic N) is 2. The summed E-state index contributed by atoms with van der Waals surface area (Å²) in [5.74, 6) is 0. The van der Waals surface area contributed by atoms with Crippen molar-refractivity contribution in [1.82, 2.24) is 14.5 Å². The number of aryl methyl sites for hydroxylation is 2. The molecule has 2 rings (SSSR count). The Morgan fingerprint density at radius 1 is 1.33 bits per heavy atom. The Balaban J connectivity index is 1.80. The van der Waals surface area contributed by atoms with E-state index in [1.54, 1.807) is 20.5 Å². The summed E-state index contributed by atoms with van der Waals surface area (Å²) in [6, 6.07) is 2.13. The van der Waals surface area contributed by atoms with Crippen molar-refractivity contribution in [2.45, 2.75) is 33.5 Å². The maximum Gasteiger partial charge on any atom is 0.328 e. The molecule has 5 heteroatoms. The molecule has 0 aromatic carbocycles. The van der Waals surface area contributed by atoms with Crippen molar-refractivity contribution in [2.75, 3.05) is 6.54 Å². The molecule has 0 radical (unpaired) electrons. The molecule has 98 valence electrons. The Hall–Kier alpha value is -1.33. The molecule has 2 aromatic rings. The highest BCUT2D eigenvalue weighted by atomic mass is 32.1. The first-order valence-electron chi connectivity index (χ1n) is 6.21. The lowest BCUT2D eigenvalue weighted by molar-refractivity contribution is 0.572. The van der Waals surface area contributed by atoms with Gasteiger partial charge in [-0.15, -0.1) is 11.3 Å². The molecule has 2 aromatic heterocycles. The van der Waals surface area contributed by atoms with Gasteiger partial charge in [0.25, 0.3) is 0 Å². The van der Waals surface area contributed by atoms with E-state index in [2.05, 4.69) is 23.7 Å². The average Bonchev–Trinajstić information content (AvgIpc) is 2.92. The quantitative estimate of drug-likeness (QED) is 0.809. The zero-order valence-electron chi connectivity index (χ0n) is 10.8. The van der Waals surface area contributed by atoms with Gasteiger partial charge in [-0.3, -0.25) is 9.13 Å². The van der Waals surface area contributed by atoms with Crippen molar-refractivity contribution in [3.63, 3.8) is 0 Å². The fourth-order valence-corrected chi connectivity index (χ4v) is 2.73. The molecule has 0 amide bonds. The third-order valence-corrected chi connectivity index (χ3v) is 4.06. The minimum Gasteiger partial charge on any atom is -0.310 e. The molecule has 0 atom stereocenters. The van der Waals surface area contributed by atoms with Crippen LogP contribution in [0.1, 0.15) is 17.4 Å². The second kappa shape index (κ2) is 6.02. The van der Waals surface area contributed by atoms with Crippen molar-refractivity contribution in [3.05, 3.63) is 44.8 Å². The molecule has 0 fully saturated rings. The standard InChI is InChI=1S/C13H19N3OS/c1-3-15-7-8-16(13(15)17)6-5-14-10-12-11(2)4-9-18-12/h4,7-9,14H,3,5-6,10H2,1-2H3. The fraction of sp³-hybridized carbons (Fsp3) is 0.462. The summed E-state index contributed by atoms with van der Waals surface area (Å²) in [6.07, 6.45) is 3.69. The SMILES string of the molecule is CCn1ccn(CCNCc2sccc2C)c1=O. The van der Waals surface area contributed by atoms with Crippen molar-refractivity contribution >= 4 is 11.3 Å². The van der Waals surface area contributed by atoms with Gasteiger partial charge in [-0.05, 0) is 30.9 Å². The molecule has 2 heterocycles. The van der Waals surface area contributed by atoms with E-state index in [1.807, 2.05) is 19.3 Å². The molecule has 1 N–H and O–H groups in total. The number of hydrogen-bond acceptors (Lipinski definition) is 3. The van der Waals surface area contributed by atoms with Crippen LogP contribution in [0, 0.1) is 6.92 Å². The molecule has 4 nitrogen and oxygen atoms in total. The summed E-state index contributed by atoms with van der Waals surface area (Å²) >= 11 is 1.77. The molecule has 0 aliphatic heterocycles. The third-order valence-electron chi connectivity index (χ3n) is 3.04. The number of nitrogens with one attached hydrogen (secondary N) is 1. The van der Waals surface area contributed by atoms with Gasteiger partial charge in [-0.2, -0.15) is 0 Å². The van der Waals surface area contributed by atoms with Crippen LogP contribution in [0.3, 0.4) is 0 Å². The second-order valence-corrected chi connectivity index (χ2v) is 5.26. The number of thiophene rings is 1. The van der Waals surface area contributed by atoms with E-state index < -0.39 is 0 Å². The van der Waals surface area contributed by atoms with Crippen LogP contribution >= 0.6 is 11.3 Å². The van der Waals surface area contributed by atoms with Crippen LogP contribution in [0.15, 0.2) is 28.6 Å². The van der Waals surface area contributed by atoms with Gasteiger partial charge in [0.15, 0.2) is 0 Å². The lowest BCUT2D eigenvalue weighted by Gasteiger charge is -2.04. The first-order valence-corrected chi connectivity index (χ1v) is 7.09.